The van der Waals surface area contributed by atoms with Crippen LogP contribution in [0.2, 0.25) is 0 Å². The van der Waals surface area contributed by atoms with Gasteiger partial charge in [0.05, 0.1) is 24.8 Å². The monoisotopic (exact) mass is 1040 g/mol. The lowest BCUT2D eigenvalue weighted by Gasteiger charge is -2.32. The van der Waals surface area contributed by atoms with Crippen LogP contribution in [0.5, 0.6) is 0 Å². The van der Waals surface area contributed by atoms with Gasteiger partial charge in [0.1, 0.15) is 18.1 Å². The highest BCUT2D eigenvalue weighted by Gasteiger charge is 2.45. The molecule has 1 aromatic heterocycles. The quantitative estimate of drug-likeness (QED) is 0.0500. The number of aryl methyl sites for hydroxylation is 1. The van der Waals surface area contributed by atoms with Crippen molar-refractivity contribution in [3.8, 4) is 11.1 Å². The van der Waals surface area contributed by atoms with Gasteiger partial charge >= 0.3 is 0 Å². The highest BCUT2D eigenvalue weighted by Crippen LogP contribution is 2.38. The van der Waals surface area contributed by atoms with Crippen molar-refractivity contribution < 1.29 is 60.3 Å². The summed E-state index contributed by atoms with van der Waals surface area (Å²) < 4.78 is 61.0. The first kappa shape index (κ1) is 53.2. The molecular weight excluding hydrogens is 991 g/mol. The number of sulfonamides is 1. The number of nitrogens with one attached hydrogen (secondary N) is 5. The first-order valence-electron chi connectivity index (χ1n) is 23.1. The third-order valence-electron chi connectivity index (χ3n) is 12.4. The number of Topliss-reactive ketones (excluding diaryl/α,β-unsaturated/α-hetero) is 1. The maximum absolute atomic E-state index is 14.7. The average Bonchev–Trinajstić information content (AvgIpc) is 4.13. The number of hydrogen-bond acceptors (Lipinski definition) is 14. The molecule has 6 amide bonds. The topological polar surface area (TPSA) is 269 Å². The molecule has 2 aliphatic rings. The van der Waals surface area contributed by atoms with Crippen LogP contribution >= 0.6 is 11.3 Å². The molecule has 5 unspecified atom stereocenters. The summed E-state index contributed by atoms with van der Waals surface area (Å²) >= 11 is 0.406. The molecule has 23 heteroatoms. The van der Waals surface area contributed by atoms with E-state index in [1.807, 2.05) is 12.2 Å². The number of fused-ring (bicyclic) bond motifs is 3. The van der Waals surface area contributed by atoms with Crippen molar-refractivity contribution in [2.45, 2.75) is 88.1 Å². The number of rotatable bonds is 21. The Kier molecular flexibility index (Phi) is 17.0. The first-order valence-corrected chi connectivity index (χ1v) is 25.4. The van der Waals surface area contributed by atoms with Crippen molar-refractivity contribution in [1.29, 1.82) is 0 Å². The van der Waals surface area contributed by atoms with E-state index in [9.17, 15) is 55.6 Å². The Labute approximate surface area is 421 Å². The number of anilines is 1. The molecule has 0 saturated carbocycles. The minimum Gasteiger partial charge on any atom is -0.372 e. The Balaban J connectivity index is 1.03. The highest BCUT2D eigenvalue weighted by molar-refractivity contribution is 7.92. The van der Waals surface area contributed by atoms with E-state index in [1.165, 1.54) is 6.07 Å². The van der Waals surface area contributed by atoms with Crippen LogP contribution in [-0.2, 0) is 51.8 Å². The van der Waals surface area contributed by atoms with Crippen molar-refractivity contribution in [3.05, 3.63) is 130 Å². The molecule has 5 atom stereocenters. The van der Waals surface area contributed by atoms with Gasteiger partial charge in [-0.25, -0.2) is 13.5 Å². The second kappa shape index (κ2) is 23.3. The van der Waals surface area contributed by atoms with Crippen LogP contribution in [0.1, 0.15) is 87.8 Å². The summed E-state index contributed by atoms with van der Waals surface area (Å²) in [5.74, 6) is -8.78. The number of hydrogen-bond donors (Lipinski definition) is 5. The zero-order chi connectivity index (χ0) is 52.6. The van der Waals surface area contributed by atoms with Gasteiger partial charge in [-0.15, -0.1) is 10.2 Å². The molecule has 7 rings (SSSR count). The molecule has 2 heterocycles. The molecule has 5 aromatic rings. The Morgan fingerprint density at radius 3 is 2.19 bits per heavy atom. The summed E-state index contributed by atoms with van der Waals surface area (Å²) in [6.07, 6.45) is -4.55. The summed E-state index contributed by atoms with van der Waals surface area (Å²) in [5, 5.41) is 16.1. The maximum atomic E-state index is 14.7. The first-order chi connectivity index (χ1) is 34.9. The summed E-state index contributed by atoms with van der Waals surface area (Å²) in [5.41, 5.74) is 3.78. The van der Waals surface area contributed by atoms with Gasteiger partial charge in [-0.3, -0.25) is 43.7 Å². The zero-order valence-electron chi connectivity index (χ0n) is 39.6. The minimum absolute atomic E-state index is 0.0208. The molecule has 19 nitrogen and oxygen atoms in total. The van der Waals surface area contributed by atoms with Gasteiger partial charge in [0.25, 0.3) is 38.0 Å². The van der Waals surface area contributed by atoms with Gasteiger partial charge in [-0.2, -0.15) is 8.42 Å². The molecule has 5 N–H and O–H groups in total. The van der Waals surface area contributed by atoms with Crippen LogP contribution in [0.4, 0.5) is 13.9 Å². The predicted octanol–water partition coefficient (Wildman–Crippen LogP) is 4.23. The molecule has 1 aliphatic carbocycles. The number of alkyl halides is 2. The fourth-order valence-corrected chi connectivity index (χ4v) is 10.2. The van der Waals surface area contributed by atoms with Crippen molar-refractivity contribution >= 4 is 73.5 Å². The van der Waals surface area contributed by atoms with Crippen LogP contribution in [0.25, 0.3) is 11.1 Å². The molecule has 1 aliphatic heterocycles. The number of ether oxygens (including phenoxy) is 1. The Morgan fingerprint density at radius 1 is 0.822 bits per heavy atom. The molecule has 0 radical (unpaired) electrons. The number of halogens is 2. The van der Waals surface area contributed by atoms with Gasteiger partial charge < -0.3 is 25.6 Å². The number of amides is 6. The average molecular weight is 1040 g/mol. The molecule has 73 heavy (non-hydrogen) atoms. The second-order valence-corrected chi connectivity index (χ2v) is 20.1. The number of carbonyl (C=O) groups is 8. The molecular formula is C50H50F2N8O11S2. The van der Waals surface area contributed by atoms with E-state index in [-0.39, 0.29) is 47.2 Å². The van der Waals surface area contributed by atoms with E-state index in [0.29, 0.717) is 34.4 Å². The standard InChI is InChI=1S/C50H50F2N8O11S2/c1-4-27(3)41(55-45(65)35-17-11-16-33-32-14-9-10-15-34(32)42(62)40(33)35)48(68)60-25-31(71-26-29-12-7-6-8-13-29)22-37(60)46(66)54-36(23-38(51)52)43(63)47(67)53-24-39(61)59-73(69,70)50-58-57-49(72-50)56-44(64)30-20-18-28(5-2)19-21-30/h6-21,27,31,36-38,41H,4-5,22-26H2,1-3H3,(H,53,67)(H,54,66)(H,55,65)(H,59,61)(H,56,57,64). The van der Waals surface area contributed by atoms with Gasteiger partial charge in [0.15, 0.2) is 5.78 Å². The summed E-state index contributed by atoms with van der Waals surface area (Å²) in [4.78, 5) is 110. The number of benzene rings is 4. The molecule has 1 saturated heterocycles. The molecule has 1 fully saturated rings. The van der Waals surface area contributed by atoms with E-state index >= 15 is 0 Å². The molecule has 4 aromatic carbocycles. The normalized spacial score (nSPS) is 16.1. The second-order valence-electron chi connectivity index (χ2n) is 17.2. The largest absolute Gasteiger partial charge is 0.372 e. The number of aromatic nitrogens is 2. The molecule has 0 spiro atoms. The van der Waals surface area contributed by atoms with Gasteiger partial charge in [0, 0.05) is 36.1 Å². The number of ketones is 2. The van der Waals surface area contributed by atoms with Gasteiger partial charge in [0.2, 0.25) is 29.2 Å². The van der Waals surface area contributed by atoms with Crippen LogP contribution in [0, 0.1) is 5.92 Å². The SMILES string of the molecule is CCc1ccc(C(=O)Nc2nnc(S(=O)(=O)NC(=O)CNC(=O)C(=O)C(CC(F)F)NC(=O)C3CC(OCc4ccccc4)CN3C(=O)C(NC(=O)c3cccc4c3C(=O)c3ccccc3-4)C(C)CC)s2)cc1. The van der Waals surface area contributed by atoms with Crippen molar-refractivity contribution in [2.75, 3.05) is 18.4 Å². The van der Waals surface area contributed by atoms with E-state index in [0.717, 1.165) is 22.4 Å². The summed E-state index contributed by atoms with van der Waals surface area (Å²) in [7, 11) is -4.74. The van der Waals surface area contributed by atoms with Crippen LogP contribution in [-0.4, -0.2) is 114 Å². The van der Waals surface area contributed by atoms with Crippen molar-refractivity contribution in [3.63, 3.8) is 0 Å². The highest BCUT2D eigenvalue weighted by atomic mass is 32.2. The van der Waals surface area contributed by atoms with Crippen LogP contribution in [0.15, 0.2) is 101 Å². The fraction of sp³-hybridized carbons (Fsp3) is 0.320. The fourth-order valence-electron chi connectivity index (χ4n) is 8.28. The van der Waals surface area contributed by atoms with Crippen LogP contribution < -0.4 is 26.0 Å². The smallest absolute Gasteiger partial charge is 0.293 e. The van der Waals surface area contributed by atoms with Crippen molar-refractivity contribution in [1.82, 2.24) is 35.8 Å². The number of carbonyl (C=O) groups excluding carboxylic acids is 8. The lowest BCUT2D eigenvalue weighted by Crippen LogP contribution is -2.58. The van der Waals surface area contributed by atoms with E-state index in [2.05, 4.69) is 26.1 Å². The Hall–Kier alpha value is -7.63. The number of nitrogens with zero attached hydrogens (tertiary/aromatic N) is 3. The lowest BCUT2D eigenvalue weighted by molar-refractivity contribution is -0.143. The lowest BCUT2D eigenvalue weighted by atomic mass is 9.95. The third kappa shape index (κ3) is 12.5. The zero-order valence-corrected chi connectivity index (χ0v) is 41.2. The molecule has 382 valence electrons. The Morgan fingerprint density at radius 2 is 1.51 bits per heavy atom. The number of likely N-dealkylation sites (tertiary alicyclic amines) is 1. The van der Waals surface area contributed by atoms with Crippen molar-refractivity contribution in [2.24, 2.45) is 5.92 Å². The van der Waals surface area contributed by atoms with Crippen LogP contribution in [0.3, 0.4) is 0 Å². The maximum Gasteiger partial charge on any atom is 0.293 e. The van der Waals surface area contributed by atoms with E-state index in [1.54, 1.807) is 110 Å². The van der Waals surface area contributed by atoms with E-state index < -0.39 is 105 Å². The van der Waals surface area contributed by atoms with Gasteiger partial charge in [-0.1, -0.05) is 117 Å². The minimum atomic E-state index is -4.74. The molecule has 0 bridgehead atoms. The summed E-state index contributed by atoms with van der Waals surface area (Å²) in [6.45, 7) is 4.09. The summed E-state index contributed by atoms with van der Waals surface area (Å²) in [6, 6.07) is 22.3. The van der Waals surface area contributed by atoms with Gasteiger partial charge in [-0.05, 0) is 52.8 Å². The predicted molar refractivity (Wildman–Crippen MR) is 261 cm³/mol. The third-order valence-corrected chi connectivity index (χ3v) is 14.9. The Bertz CT molecular complexity index is 3050. The van der Waals surface area contributed by atoms with E-state index in [4.69, 9.17) is 4.74 Å².